The smallest absolute Gasteiger partial charge is 0.110 e. The van der Waals surface area contributed by atoms with E-state index in [9.17, 15) is 0 Å². The number of hydrogen-bond acceptors (Lipinski definition) is 3. The Morgan fingerprint density at radius 1 is 1.22 bits per heavy atom. The van der Waals surface area contributed by atoms with E-state index >= 15 is 0 Å². The van der Waals surface area contributed by atoms with Gasteiger partial charge in [-0.15, -0.1) is 11.3 Å². The van der Waals surface area contributed by atoms with Crippen molar-refractivity contribution in [1.82, 2.24) is 10.3 Å². The molecule has 4 bridgehead atoms. The molecule has 0 aromatic carbocycles. The highest BCUT2D eigenvalue weighted by atomic mass is 32.1. The second-order valence-electron chi connectivity index (χ2n) is 6.87. The molecule has 1 heterocycles. The van der Waals surface area contributed by atoms with Gasteiger partial charge in [0, 0.05) is 11.6 Å². The molecular weight excluding hydrogens is 240 g/mol. The molecule has 2 nitrogen and oxygen atoms in total. The van der Waals surface area contributed by atoms with Gasteiger partial charge in [0.25, 0.3) is 0 Å². The van der Waals surface area contributed by atoms with Crippen molar-refractivity contribution in [2.75, 3.05) is 7.05 Å². The third-order valence-electron chi connectivity index (χ3n) is 5.69. The van der Waals surface area contributed by atoms with Crippen LogP contribution in [0.15, 0.2) is 11.6 Å². The molecule has 5 rings (SSSR count). The largest absolute Gasteiger partial charge is 0.311 e. The van der Waals surface area contributed by atoms with Crippen LogP contribution in [0.1, 0.15) is 49.6 Å². The minimum atomic E-state index is 0.505. The van der Waals surface area contributed by atoms with Gasteiger partial charge in [-0.05, 0) is 68.7 Å². The maximum absolute atomic E-state index is 4.60. The summed E-state index contributed by atoms with van der Waals surface area (Å²) >= 11 is 1.83. The Morgan fingerprint density at radius 3 is 2.28 bits per heavy atom. The van der Waals surface area contributed by atoms with Gasteiger partial charge in [0.1, 0.15) is 5.01 Å². The third kappa shape index (κ3) is 1.60. The van der Waals surface area contributed by atoms with E-state index in [0.29, 0.717) is 11.5 Å². The van der Waals surface area contributed by atoms with Gasteiger partial charge in [-0.2, -0.15) is 0 Å². The van der Waals surface area contributed by atoms with Crippen LogP contribution >= 0.6 is 11.3 Å². The van der Waals surface area contributed by atoms with E-state index < -0.39 is 0 Å². The summed E-state index contributed by atoms with van der Waals surface area (Å²) in [5.41, 5.74) is 0.529. The second kappa shape index (κ2) is 4.04. The molecule has 3 heteroatoms. The van der Waals surface area contributed by atoms with Crippen LogP contribution in [0.5, 0.6) is 0 Å². The molecule has 0 spiro atoms. The van der Waals surface area contributed by atoms with Gasteiger partial charge in [0.2, 0.25) is 0 Å². The van der Waals surface area contributed by atoms with Crippen molar-refractivity contribution < 1.29 is 0 Å². The van der Waals surface area contributed by atoms with E-state index in [1.807, 2.05) is 17.5 Å². The van der Waals surface area contributed by atoms with Crippen LogP contribution in [0, 0.1) is 23.2 Å². The average Bonchev–Trinajstić information content (AvgIpc) is 2.81. The van der Waals surface area contributed by atoms with Gasteiger partial charge < -0.3 is 5.32 Å². The second-order valence-corrected chi connectivity index (χ2v) is 7.80. The topological polar surface area (TPSA) is 24.9 Å². The molecule has 0 amide bonds. The number of aromatic nitrogens is 1. The predicted octanol–water partition coefficient (Wildman–Crippen LogP) is 3.62. The lowest BCUT2D eigenvalue weighted by atomic mass is 9.47. The normalized spacial score (nSPS) is 43.3. The summed E-state index contributed by atoms with van der Waals surface area (Å²) in [7, 11) is 2.13. The number of nitrogens with zero attached hydrogens (tertiary/aromatic N) is 1. The van der Waals surface area contributed by atoms with Gasteiger partial charge >= 0.3 is 0 Å². The number of thiazole rings is 1. The zero-order chi connectivity index (χ0) is 12.2. The van der Waals surface area contributed by atoms with Crippen LogP contribution in [0.3, 0.4) is 0 Å². The molecule has 1 atom stereocenters. The average molecular weight is 262 g/mol. The molecule has 0 radical (unpaired) electrons. The molecule has 1 aromatic rings. The van der Waals surface area contributed by atoms with Crippen molar-refractivity contribution in [2.24, 2.45) is 23.2 Å². The van der Waals surface area contributed by atoms with E-state index in [-0.39, 0.29) is 0 Å². The van der Waals surface area contributed by atoms with E-state index in [2.05, 4.69) is 22.7 Å². The third-order valence-corrected chi connectivity index (χ3v) is 6.53. The lowest BCUT2D eigenvalue weighted by Crippen LogP contribution is -2.51. The maximum Gasteiger partial charge on any atom is 0.110 e. The summed E-state index contributed by atoms with van der Waals surface area (Å²) in [4.78, 5) is 4.60. The van der Waals surface area contributed by atoms with Crippen molar-refractivity contribution in [1.29, 1.82) is 0 Å². The standard InChI is InChI=1S/C15H22N2S/c1-16-13(14-17-2-3-18-14)15-7-10-4-11(8-15)6-12(5-10)9-15/h2-3,10-13,16H,4-9H2,1H3. The first-order valence-corrected chi connectivity index (χ1v) is 8.24. The lowest BCUT2D eigenvalue weighted by molar-refractivity contribution is -0.0736. The molecular formula is C15H22N2S. The van der Waals surface area contributed by atoms with Crippen molar-refractivity contribution in [3.8, 4) is 0 Å². The lowest BCUT2D eigenvalue weighted by Gasteiger charge is -2.59. The molecule has 0 aliphatic heterocycles. The van der Waals surface area contributed by atoms with Crippen LogP contribution in [0.2, 0.25) is 0 Å². The zero-order valence-corrected chi connectivity index (χ0v) is 11.9. The molecule has 4 fully saturated rings. The Balaban J connectivity index is 1.70. The Kier molecular flexibility index (Phi) is 2.56. The highest BCUT2D eigenvalue weighted by Gasteiger charge is 2.54. The highest BCUT2D eigenvalue weighted by molar-refractivity contribution is 7.09. The Morgan fingerprint density at radius 2 is 1.83 bits per heavy atom. The van der Waals surface area contributed by atoms with Crippen LogP contribution in [0.25, 0.3) is 0 Å². The SMILES string of the molecule is CNC(c1nccs1)C12CC3CC(CC(C3)C1)C2. The summed E-state index contributed by atoms with van der Waals surface area (Å²) in [6.07, 6.45) is 10.9. The summed E-state index contributed by atoms with van der Waals surface area (Å²) in [5.74, 6) is 3.06. The van der Waals surface area contributed by atoms with Crippen LogP contribution in [-0.4, -0.2) is 12.0 Å². The predicted molar refractivity (Wildman–Crippen MR) is 74.5 cm³/mol. The first kappa shape index (κ1) is 11.4. The molecule has 98 valence electrons. The molecule has 4 saturated carbocycles. The van der Waals surface area contributed by atoms with Gasteiger partial charge in [-0.1, -0.05) is 0 Å². The molecule has 1 N–H and O–H groups in total. The van der Waals surface area contributed by atoms with Crippen LogP contribution in [0.4, 0.5) is 0 Å². The van der Waals surface area contributed by atoms with E-state index in [1.165, 1.54) is 43.5 Å². The fraction of sp³-hybridized carbons (Fsp3) is 0.800. The van der Waals surface area contributed by atoms with Gasteiger partial charge in [0.05, 0.1) is 6.04 Å². The quantitative estimate of drug-likeness (QED) is 0.900. The summed E-state index contributed by atoms with van der Waals surface area (Å²) in [6.45, 7) is 0. The minimum absolute atomic E-state index is 0.505. The van der Waals surface area contributed by atoms with Crippen molar-refractivity contribution in [3.05, 3.63) is 16.6 Å². The summed E-state index contributed by atoms with van der Waals surface area (Å²) in [5, 5.41) is 7.05. The van der Waals surface area contributed by atoms with Gasteiger partial charge in [-0.25, -0.2) is 4.98 Å². The molecule has 1 aromatic heterocycles. The minimum Gasteiger partial charge on any atom is -0.311 e. The van der Waals surface area contributed by atoms with Crippen LogP contribution in [-0.2, 0) is 0 Å². The first-order chi connectivity index (χ1) is 8.79. The molecule has 1 unspecified atom stereocenters. The number of rotatable bonds is 3. The molecule has 4 aliphatic carbocycles. The van der Waals surface area contributed by atoms with E-state index in [0.717, 1.165) is 17.8 Å². The van der Waals surface area contributed by atoms with Crippen molar-refractivity contribution >= 4 is 11.3 Å². The van der Waals surface area contributed by atoms with Gasteiger partial charge in [0.15, 0.2) is 0 Å². The Bertz CT molecular complexity index is 390. The van der Waals surface area contributed by atoms with E-state index in [4.69, 9.17) is 0 Å². The fourth-order valence-corrected chi connectivity index (χ4v) is 6.49. The zero-order valence-electron chi connectivity index (χ0n) is 11.1. The fourth-order valence-electron chi connectivity index (χ4n) is 5.60. The maximum atomic E-state index is 4.60. The molecule has 4 aliphatic rings. The monoisotopic (exact) mass is 262 g/mol. The Labute approximate surface area is 113 Å². The molecule has 18 heavy (non-hydrogen) atoms. The first-order valence-electron chi connectivity index (χ1n) is 7.36. The number of hydrogen-bond donors (Lipinski definition) is 1. The molecule has 0 saturated heterocycles. The highest BCUT2D eigenvalue weighted by Crippen LogP contribution is 2.64. The Hall–Kier alpha value is -0.410. The summed E-state index contributed by atoms with van der Waals surface area (Å²) in [6, 6.07) is 0.505. The van der Waals surface area contributed by atoms with Gasteiger partial charge in [-0.3, -0.25) is 0 Å². The van der Waals surface area contributed by atoms with Crippen molar-refractivity contribution in [2.45, 2.75) is 44.6 Å². The number of nitrogens with one attached hydrogen (secondary N) is 1. The summed E-state index contributed by atoms with van der Waals surface area (Å²) < 4.78 is 0. The van der Waals surface area contributed by atoms with Crippen LogP contribution < -0.4 is 5.32 Å². The van der Waals surface area contributed by atoms with E-state index in [1.54, 1.807) is 0 Å². The van der Waals surface area contributed by atoms with Crippen molar-refractivity contribution in [3.63, 3.8) is 0 Å².